The molecule has 1 aliphatic carbocycles. The van der Waals surface area contributed by atoms with Crippen molar-refractivity contribution in [2.45, 2.75) is 23.8 Å². The molecule has 148 valence electrons. The van der Waals surface area contributed by atoms with Crippen LogP contribution in [0.5, 0.6) is 0 Å². The van der Waals surface area contributed by atoms with E-state index in [0.717, 1.165) is 46.3 Å². The van der Waals surface area contributed by atoms with Crippen LogP contribution in [0.2, 0.25) is 0 Å². The minimum Gasteiger partial charge on any atom is -0.333 e. The lowest BCUT2D eigenvalue weighted by Gasteiger charge is -2.08. The van der Waals surface area contributed by atoms with Crippen molar-refractivity contribution in [2.75, 3.05) is 0 Å². The number of nitrogens with zero attached hydrogens (tertiary/aromatic N) is 1. The normalized spacial score (nSPS) is 13.7. The Bertz CT molecular complexity index is 1390. The van der Waals surface area contributed by atoms with Crippen LogP contribution in [0, 0.1) is 11.8 Å². The number of aromatic amines is 1. The summed E-state index contributed by atoms with van der Waals surface area (Å²) in [6.45, 7) is 0. The molecule has 30 heavy (non-hydrogen) atoms. The molecular weight excluding hydrogens is 394 g/mol. The zero-order valence-electron chi connectivity index (χ0n) is 16.1. The molecule has 0 aliphatic heterocycles. The first-order valence-electron chi connectivity index (χ1n) is 9.75. The van der Waals surface area contributed by atoms with Gasteiger partial charge in [0.05, 0.1) is 10.6 Å². The van der Waals surface area contributed by atoms with E-state index in [1.807, 2.05) is 48.5 Å². The summed E-state index contributed by atoms with van der Waals surface area (Å²) in [6, 6.07) is 20.8. The van der Waals surface area contributed by atoms with Crippen molar-refractivity contribution in [3.05, 3.63) is 84.2 Å². The van der Waals surface area contributed by atoms with Crippen molar-refractivity contribution < 1.29 is 8.42 Å². The lowest BCUT2D eigenvalue weighted by Crippen LogP contribution is -2.25. The van der Waals surface area contributed by atoms with Crippen LogP contribution in [0.1, 0.15) is 24.1 Å². The Morgan fingerprint density at radius 1 is 0.933 bits per heavy atom. The SMILES string of the molecule is O=S(=O)(NC1CC1)c1cccc(-c2cnc3[nH]c(C#Cc4ccccc4)cc3c2)c1. The van der Waals surface area contributed by atoms with Gasteiger partial charge in [0.25, 0.3) is 0 Å². The van der Waals surface area contributed by atoms with Crippen molar-refractivity contribution in [3.8, 4) is 23.0 Å². The molecule has 6 heteroatoms. The quantitative estimate of drug-likeness (QED) is 0.495. The first kappa shape index (κ1) is 18.6. The Hall–Kier alpha value is -3.40. The number of nitrogens with one attached hydrogen (secondary N) is 2. The van der Waals surface area contributed by atoms with Gasteiger partial charge in [0.2, 0.25) is 10.0 Å². The van der Waals surface area contributed by atoms with Gasteiger partial charge < -0.3 is 4.98 Å². The topological polar surface area (TPSA) is 74.8 Å². The standard InChI is InChI=1S/C24H19N3O2S/c28-30(29,27-21-11-12-21)23-8-4-7-18(15-23)20-13-19-14-22(26-24(19)25-16-20)10-9-17-5-2-1-3-6-17/h1-8,13-16,21,27H,11-12H2,(H,25,26). The second-order valence-electron chi connectivity index (χ2n) is 7.38. The molecule has 4 aromatic rings. The summed E-state index contributed by atoms with van der Waals surface area (Å²) in [5.41, 5.74) is 4.13. The fraction of sp³-hybridized carbons (Fsp3) is 0.125. The number of fused-ring (bicyclic) bond motifs is 1. The highest BCUT2D eigenvalue weighted by Gasteiger charge is 2.28. The van der Waals surface area contributed by atoms with Crippen LogP contribution in [0.3, 0.4) is 0 Å². The van der Waals surface area contributed by atoms with E-state index in [0.29, 0.717) is 0 Å². The minimum atomic E-state index is -3.49. The highest BCUT2D eigenvalue weighted by molar-refractivity contribution is 7.89. The van der Waals surface area contributed by atoms with Crippen LogP contribution in [-0.2, 0) is 10.0 Å². The van der Waals surface area contributed by atoms with Crippen LogP contribution >= 0.6 is 0 Å². The van der Waals surface area contributed by atoms with Crippen molar-refractivity contribution in [1.29, 1.82) is 0 Å². The summed E-state index contributed by atoms with van der Waals surface area (Å²) in [4.78, 5) is 7.99. The second kappa shape index (κ2) is 7.45. The van der Waals surface area contributed by atoms with Crippen molar-refractivity contribution in [3.63, 3.8) is 0 Å². The Labute approximate surface area is 175 Å². The Morgan fingerprint density at radius 2 is 1.77 bits per heavy atom. The zero-order chi connectivity index (χ0) is 20.6. The zero-order valence-corrected chi connectivity index (χ0v) is 16.9. The number of H-pyrrole nitrogens is 1. The van der Waals surface area contributed by atoms with Crippen LogP contribution < -0.4 is 4.72 Å². The predicted octanol–water partition coefficient (Wildman–Crippen LogP) is 4.07. The molecule has 2 aromatic carbocycles. The van der Waals surface area contributed by atoms with E-state index in [1.165, 1.54) is 0 Å². The summed E-state index contributed by atoms with van der Waals surface area (Å²) in [6.07, 6.45) is 3.55. The minimum absolute atomic E-state index is 0.0759. The molecule has 5 rings (SSSR count). The molecule has 0 saturated heterocycles. The summed E-state index contributed by atoms with van der Waals surface area (Å²) in [5, 5.41) is 0.925. The highest BCUT2D eigenvalue weighted by atomic mass is 32.2. The van der Waals surface area contributed by atoms with Crippen LogP contribution in [0.4, 0.5) is 0 Å². The molecular formula is C24H19N3O2S. The van der Waals surface area contributed by atoms with Gasteiger partial charge >= 0.3 is 0 Å². The molecule has 1 fully saturated rings. The molecule has 0 unspecified atom stereocenters. The number of benzene rings is 2. The third-order valence-electron chi connectivity index (χ3n) is 4.96. The first-order chi connectivity index (χ1) is 14.6. The average molecular weight is 414 g/mol. The van der Waals surface area contributed by atoms with E-state index in [9.17, 15) is 8.42 Å². The molecule has 2 N–H and O–H groups in total. The van der Waals surface area contributed by atoms with Gasteiger partial charge in [-0.3, -0.25) is 0 Å². The smallest absolute Gasteiger partial charge is 0.240 e. The largest absolute Gasteiger partial charge is 0.333 e. The van der Waals surface area contributed by atoms with Crippen molar-refractivity contribution in [2.24, 2.45) is 0 Å². The van der Waals surface area contributed by atoms with Gasteiger partial charge in [-0.1, -0.05) is 36.3 Å². The Balaban J connectivity index is 1.45. The van der Waals surface area contributed by atoms with Gasteiger partial charge in [-0.15, -0.1) is 0 Å². The summed E-state index contributed by atoms with van der Waals surface area (Å²) in [7, 11) is -3.49. The van der Waals surface area contributed by atoms with E-state index in [2.05, 4.69) is 26.5 Å². The molecule has 1 aliphatic rings. The summed E-state index contributed by atoms with van der Waals surface area (Å²) in [5.74, 6) is 6.26. The molecule has 0 bridgehead atoms. The Morgan fingerprint density at radius 3 is 2.57 bits per heavy atom. The van der Waals surface area contributed by atoms with Gasteiger partial charge in [0, 0.05) is 28.8 Å². The summed E-state index contributed by atoms with van der Waals surface area (Å²) >= 11 is 0. The predicted molar refractivity (Wildman–Crippen MR) is 117 cm³/mol. The molecule has 0 atom stereocenters. The molecule has 5 nitrogen and oxygen atoms in total. The van der Waals surface area contributed by atoms with E-state index < -0.39 is 10.0 Å². The van der Waals surface area contributed by atoms with E-state index in [-0.39, 0.29) is 10.9 Å². The fourth-order valence-corrected chi connectivity index (χ4v) is 4.58. The van der Waals surface area contributed by atoms with E-state index in [1.54, 1.807) is 24.4 Å². The third kappa shape index (κ3) is 3.99. The van der Waals surface area contributed by atoms with Gasteiger partial charge in [-0.05, 0) is 60.7 Å². The first-order valence-corrected chi connectivity index (χ1v) is 11.2. The maximum absolute atomic E-state index is 12.5. The number of hydrogen-bond donors (Lipinski definition) is 2. The molecule has 0 amide bonds. The monoisotopic (exact) mass is 413 g/mol. The fourth-order valence-electron chi connectivity index (χ4n) is 3.23. The lowest BCUT2D eigenvalue weighted by molar-refractivity contribution is 0.581. The van der Waals surface area contributed by atoms with E-state index in [4.69, 9.17) is 0 Å². The summed E-state index contributed by atoms with van der Waals surface area (Å²) < 4.78 is 27.8. The molecule has 2 aromatic heterocycles. The molecule has 0 spiro atoms. The number of rotatable bonds is 4. The third-order valence-corrected chi connectivity index (χ3v) is 6.48. The van der Waals surface area contributed by atoms with Gasteiger partial charge in [-0.25, -0.2) is 18.1 Å². The van der Waals surface area contributed by atoms with Gasteiger partial charge in [0.15, 0.2) is 0 Å². The molecule has 2 heterocycles. The number of sulfonamides is 1. The Kier molecular flexibility index (Phi) is 4.62. The molecule has 1 saturated carbocycles. The van der Waals surface area contributed by atoms with Crippen LogP contribution in [-0.4, -0.2) is 24.4 Å². The molecule has 0 radical (unpaired) electrons. The van der Waals surface area contributed by atoms with Crippen LogP contribution in [0.15, 0.2) is 77.8 Å². The van der Waals surface area contributed by atoms with Crippen molar-refractivity contribution >= 4 is 21.1 Å². The van der Waals surface area contributed by atoms with Gasteiger partial charge in [-0.2, -0.15) is 0 Å². The van der Waals surface area contributed by atoms with E-state index >= 15 is 0 Å². The van der Waals surface area contributed by atoms with Crippen molar-refractivity contribution in [1.82, 2.24) is 14.7 Å². The van der Waals surface area contributed by atoms with Crippen LogP contribution in [0.25, 0.3) is 22.2 Å². The number of pyridine rings is 1. The maximum atomic E-state index is 12.5. The number of hydrogen-bond acceptors (Lipinski definition) is 3. The maximum Gasteiger partial charge on any atom is 0.240 e. The average Bonchev–Trinajstić information content (AvgIpc) is 3.47. The highest BCUT2D eigenvalue weighted by Crippen LogP contribution is 2.27. The van der Waals surface area contributed by atoms with Gasteiger partial charge in [0.1, 0.15) is 5.65 Å². The lowest BCUT2D eigenvalue weighted by atomic mass is 10.1. The number of aromatic nitrogens is 2. The second-order valence-corrected chi connectivity index (χ2v) is 9.10.